The number of hydrogen-bond acceptors (Lipinski definition) is 3. The Morgan fingerprint density at radius 2 is 2.20 bits per heavy atom. The van der Waals surface area contributed by atoms with Gasteiger partial charge in [0.15, 0.2) is 0 Å². The van der Waals surface area contributed by atoms with Crippen molar-refractivity contribution in [1.29, 1.82) is 0 Å². The number of likely N-dealkylation sites (N-methyl/N-ethyl adjacent to an activating group) is 1. The first-order chi connectivity index (χ1) is 9.79. The first-order valence-electron chi connectivity index (χ1n) is 7.36. The minimum Gasteiger partial charge on any atom is -0.376 e. The number of piperidine rings is 1. The Morgan fingerprint density at radius 3 is 2.95 bits per heavy atom. The first-order valence-corrected chi connectivity index (χ1v) is 7.36. The van der Waals surface area contributed by atoms with Crippen molar-refractivity contribution >= 4 is 5.91 Å². The summed E-state index contributed by atoms with van der Waals surface area (Å²) in [5.74, 6) is 0.206. The fourth-order valence-electron chi connectivity index (χ4n) is 2.52. The van der Waals surface area contributed by atoms with Crippen molar-refractivity contribution < 1.29 is 9.53 Å². The fraction of sp³-hybridized carbons (Fsp3) is 0.562. The second-order valence-electron chi connectivity index (χ2n) is 5.26. The molecule has 4 heteroatoms. The summed E-state index contributed by atoms with van der Waals surface area (Å²) in [5, 5.41) is 3.25. The second-order valence-corrected chi connectivity index (χ2v) is 5.26. The number of likely N-dealkylation sites (tertiary alicyclic amines) is 1. The average Bonchev–Trinajstić information content (AvgIpc) is 2.52. The van der Waals surface area contributed by atoms with Crippen LogP contribution in [0.2, 0.25) is 0 Å². The zero-order chi connectivity index (χ0) is 14.2. The highest BCUT2D eigenvalue weighted by Gasteiger charge is 2.21. The Labute approximate surface area is 121 Å². The number of rotatable bonds is 6. The van der Waals surface area contributed by atoms with Crippen molar-refractivity contribution in [3.63, 3.8) is 0 Å². The van der Waals surface area contributed by atoms with E-state index in [0.29, 0.717) is 25.7 Å². The van der Waals surface area contributed by atoms with Crippen molar-refractivity contribution in [1.82, 2.24) is 10.2 Å². The average molecular weight is 276 g/mol. The maximum Gasteiger partial charge on any atom is 0.224 e. The number of ether oxygens (including phenoxy) is 1. The molecule has 0 radical (unpaired) electrons. The number of carbonyl (C=O) groups excluding carboxylic acids is 1. The van der Waals surface area contributed by atoms with Gasteiger partial charge in [0.05, 0.1) is 19.6 Å². The maximum atomic E-state index is 12.1. The smallest absolute Gasteiger partial charge is 0.224 e. The molecule has 4 nitrogen and oxygen atoms in total. The van der Waals surface area contributed by atoms with E-state index in [9.17, 15) is 4.79 Å². The third kappa shape index (κ3) is 4.62. The third-order valence-electron chi connectivity index (χ3n) is 3.75. The summed E-state index contributed by atoms with van der Waals surface area (Å²) in [6, 6.07) is 10.5. The van der Waals surface area contributed by atoms with Crippen LogP contribution >= 0.6 is 0 Å². The predicted octanol–water partition coefficient (Wildman–Crippen LogP) is 1.80. The molecule has 1 aromatic carbocycles. The summed E-state index contributed by atoms with van der Waals surface area (Å²) in [4.78, 5) is 14.0. The highest BCUT2D eigenvalue weighted by Crippen LogP contribution is 2.11. The van der Waals surface area contributed by atoms with Crippen molar-refractivity contribution in [3.05, 3.63) is 35.9 Å². The van der Waals surface area contributed by atoms with Gasteiger partial charge in [-0.05, 0) is 25.5 Å². The van der Waals surface area contributed by atoms with Crippen LogP contribution in [0, 0.1) is 0 Å². The van der Waals surface area contributed by atoms with Gasteiger partial charge in [-0.15, -0.1) is 0 Å². The van der Waals surface area contributed by atoms with E-state index in [2.05, 4.69) is 5.32 Å². The summed E-state index contributed by atoms with van der Waals surface area (Å²) in [7, 11) is 1.96. The van der Waals surface area contributed by atoms with Gasteiger partial charge < -0.3 is 15.0 Å². The van der Waals surface area contributed by atoms with E-state index in [-0.39, 0.29) is 5.91 Å². The number of nitrogens with zero attached hydrogens (tertiary/aromatic N) is 1. The summed E-state index contributed by atoms with van der Waals surface area (Å²) in [6.45, 7) is 2.78. The molecule has 0 aromatic heterocycles. The Kier molecular flexibility index (Phi) is 6.02. The van der Waals surface area contributed by atoms with E-state index >= 15 is 0 Å². The van der Waals surface area contributed by atoms with Gasteiger partial charge >= 0.3 is 0 Å². The SMILES string of the molecule is CNC1CCCN(C(=O)CCOCc2ccccc2)C1. The fourth-order valence-corrected chi connectivity index (χ4v) is 2.52. The quantitative estimate of drug-likeness (QED) is 0.806. The Bertz CT molecular complexity index is 408. The highest BCUT2D eigenvalue weighted by molar-refractivity contribution is 5.76. The van der Waals surface area contributed by atoms with Crippen molar-refractivity contribution in [2.24, 2.45) is 0 Å². The van der Waals surface area contributed by atoms with Crippen LogP contribution in [0.4, 0.5) is 0 Å². The zero-order valence-corrected chi connectivity index (χ0v) is 12.2. The first kappa shape index (κ1) is 15.0. The summed E-state index contributed by atoms with van der Waals surface area (Å²) < 4.78 is 5.57. The van der Waals surface area contributed by atoms with Gasteiger partial charge in [0.25, 0.3) is 0 Å². The number of amides is 1. The topological polar surface area (TPSA) is 41.6 Å². The molecule has 0 aliphatic carbocycles. The lowest BCUT2D eigenvalue weighted by molar-refractivity contribution is -0.133. The highest BCUT2D eigenvalue weighted by atomic mass is 16.5. The lowest BCUT2D eigenvalue weighted by Crippen LogP contribution is -2.47. The molecular formula is C16H24N2O2. The van der Waals surface area contributed by atoms with E-state index in [1.54, 1.807) is 0 Å². The minimum absolute atomic E-state index is 0.206. The standard InChI is InChI=1S/C16H24N2O2/c1-17-15-8-5-10-18(12-15)16(19)9-11-20-13-14-6-3-2-4-7-14/h2-4,6-7,15,17H,5,8-13H2,1H3. The largest absolute Gasteiger partial charge is 0.376 e. The minimum atomic E-state index is 0.206. The van der Waals surface area contributed by atoms with Crippen LogP contribution in [0.1, 0.15) is 24.8 Å². The maximum absolute atomic E-state index is 12.1. The lowest BCUT2D eigenvalue weighted by Gasteiger charge is -2.32. The molecule has 1 N–H and O–H groups in total. The van der Waals surface area contributed by atoms with Crippen molar-refractivity contribution in [2.75, 3.05) is 26.7 Å². The zero-order valence-electron chi connectivity index (χ0n) is 12.2. The van der Waals surface area contributed by atoms with Gasteiger partial charge in [0.2, 0.25) is 5.91 Å². The molecule has 1 fully saturated rings. The van der Waals surface area contributed by atoms with E-state index in [1.165, 1.54) is 0 Å². The number of carbonyl (C=O) groups is 1. The van der Waals surface area contributed by atoms with E-state index in [1.807, 2.05) is 42.3 Å². The van der Waals surface area contributed by atoms with Crippen LogP contribution in [0.15, 0.2) is 30.3 Å². The van der Waals surface area contributed by atoms with E-state index < -0.39 is 0 Å². The van der Waals surface area contributed by atoms with Crippen LogP contribution in [-0.2, 0) is 16.1 Å². The van der Waals surface area contributed by atoms with Crippen LogP contribution in [-0.4, -0.2) is 43.6 Å². The molecular weight excluding hydrogens is 252 g/mol. The normalized spacial score (nSPS) is 19.1. The molecule has 1 aliphatic heterocycles. The van der Waals surface area contributed by atoms with Crippen LogP contribution in [0.25, 0.3) is 0 Å². The summed E-state index contributed by atoms with van der Waals surface area (Å²) >= 11 is 0. The molecule has 1 aliphatic rings. The molecule has 20 heavy (non-hydrogen) atoms. The van der Waals surface area contributed by atoms with Gasteiger partial charge in [-0.25, -0.2) is 0 Å². The Balaban J connectivity index is 1.65. The number of benzene rings is 1. The molecule has 1 unspecified atom stereocenters. The number of hydrogen-bond donors (Lipinski definition) is 1. The van der Waals surface area contributed by atoms with Crippen LogP contribution < -0.4 is 5.32 Å². The molecule has 0 spiro atoms. The molecule has 1 aromatic rings. The van der Waals surface area contributed by atoms with E-state index in [0.717, 1.165) is 31.5 Å². The van der Waals surface area contributed by atoms with Gasteiger partial charge in [-0.1, -0.05) is 30.3 Å². The Morgan fingerprint density at radius 1 is 1.40 bits per heavy atom. The predicted molar refractivity (Wildman–Crippen MR) is 79.4 cm³/mol. The summed E-state index contributed by atoms with van der Waals surface area (Å²) in [6.07, 6.45) is 2.72. The van der Waals surface area contributed by atoms with Gasteiger partial charge in [-0.3, -0.25) is 4.79 Å². The molecule has 1 heterocycles. The number of nitrogens with one attached hydrogen (secondary N) is 1. The molecule has 1 saturated heterocycles. The summed E-state index contributed by atoms with van der Waals surface area (Å²) in [5.41, 5.74) is 1.15. The monoisotopic (exact) mass is 276 g/mol. The van der Waals surface area contributed by atoms with Crippen molar-refractivity contribution in [2.45, 2.75) is 31.9 Å². The van der Waals surface area contributed by atoms with Crippen molar-refractivity contribution in [3.8, 4) is 0 Å². The third-order valence-corrected chi connectivity index (χ3v) is 3.75. The molecule has 0 bridgehead atoms. The molecule has 1 amide bonds. The lowest BCUT2D eigenvalue weighted by atomic mass is 10.1. The molecule has 0 saturated carbocycles. The van der Waals surface area contributed by atoms with Crippen LogP contribution in [0.5, 0.6) is 0 Å². The molecule has 2 rings (SSSR count). The van der Waals surface area contributed by atoms with Crippen LogP contribution in [0.3, 0.4) is 0 Å². The van der Waals surface area contributed by atoms with E-state index in [4.69, 9.17) is 4.74 Å². The molecule has 1 atom stereocenters. The van der Waals surface area contributed by atoms with Gasteiger partial charge in [-0.2, -0.15) is 0 Å². The Hall–Kier alpha value is -1.39. The van der Waals surface area contributed by atoms with Gasteiger partial charge in [0.1, 0.15) is 0 Å². The van der Waals surface area contributed by atoms with Gasteiger partial charge in [0, 0.05) is 19.1 Å². The molecule has 110 valence electrons. The second kappa shape index (κ2) is 8.02.